The molecule has 0 heterocycles. The van der Waals surface area contributed by atoms with Crippen LogP contribution >= 0.6 is 0 Å². The monoisotopic (exact) mass is 330 g/mol. The molecule has 0 spiro atoms. The van der Waals surface area contributed by atoms with E-state index in [-0.39, 0.29) is 28.8 Å². The molecule has 3 aliphatic carbocycles. The molecular formula is C21H18N2O2. The Hall–Kier alpha value is -2.90. The van der Waals surface area contributed by atoms with Crippen LogP contribution in [-0.4, -0.2) is 11.6 Å². The average molecular weight is 330 g/mol. The molecule has 0 saturated heterocycles. The van der Waals surface area contributed by atoms with Crippen molar-refractivity contribution >= 4 is 11.6 Å². The maximum atomic E-state index is 12.7. The molecule has 3 atom stereocenters. The van der Waals surface area contributed by atoms with Gasteiger partial charge in [-0.15, -0.1) is 6.42 Å². The number of carbonyl (C=O) groups excluding carboxylic acids is 2. The molecular weight excluding hydrogens is 312 g/mol. The lowest BCUT2D eigenvalue weighted by Crippen LogP contribution is -2.53. The summed E-state index contributed by atoms with van der Waals surface area (Å²) in [5.74, 6) is 2.21. The highest BCUT2D eigenvalue weighted by atomic mass is 16.1. The minimum Gasteiger partial charge on any atom is -0.307 e. The highest BCUT2D eigenvalue weighted by molar-refractivity contribution is 6.09. The van der Waals surface area contributed by atoms with Gasteiger partial charge in [-0.1, -0.05) is 32.8 Å². The minimum atomic E-state index is -0.815. The molecule has 0 bridgehead atoms. The largest absolute Gasteiger partial charge is 0.307 e. The summed E-state index contributed by atoms with van der Waals surface area (Å²) in [7, 11) is 0. The molecule has 0 aliphatic heterocycles. The van der Waals surface area contributed by atoms with E-state index in [4.69, 9.17) is 13.0 Å². The smallest absolute Gasteiger partial charge is 0.226 e. The van der Waals surface area contributed by atoms with Gasteiger partial charge in [0.05, 0.1) is 17.6 Å². The average Bonchev–Trinajstić information content (AvgIpc) is 2.58. The number of nitriles is 1. The highest BCUT2D eigenvalue weighted by Gasteiger charge is 2.59. The van der Waals surface area contributed by atoms with Gasteiger partial charge in [0.25, 0.3) is 0 Å². The molecule has 0 radical (unpaired) electrons. The van der Waals surface area contributed by atoms with Gasteiger partial charge in [0.1, 0.15) is 6.07 Å². The molecule has 0 aromatic heterocycles. The number of nitrogens with zero attached hydrogens (tertiary/aromatic N) is 2. The molecule has 0 N–H and O–H groups in total. The Morgan fingerprint density at radius 3 is 2.56 bits per heavy atom. The Kier molecular flexibility index (Phi) is 3.42. The van der Waals surface area contributed by atoms with Gasteiger partial charge < -0.3 is 4.79 Å². The molecule has 124 valence electrons. The quantitative estimate of drug-likeness (QED) is 0.505. The van der Waals surface area contributed by atoms with E-state index in [0.29, 0.717) is 12.8 Å². The van der Waals surface area contributed by atoms with Crippen LogP contribution in [0.15, 0.2) is 35.1 Å². The van der Waals surface area contributed by atoms with Crippen molar-refractivity contribution in [2.75, 3.05) is 0 Å². The zero-order valence-corrected chi connectivity index (χ0v) is 14.5. The van der Waals surface area contributed by atoms with Gasteiger partial charge in [-0.25, -0.2) is 4.85 Å². The fourth-order valence-electron chi connectivity index (χ4n) is 4.92. The van der Waals surface area contributed by atoms with Gasteiger partial charge in [0.15, 0.2) is 11.6 Å². The van der Waals surface area contributed by atoms with Crippen molar-refractivity contribution in [1.29, 1.82) is 5.26 Å². The van der Waals surface area contributed by atoms with Gasteiger partial charge in [0.2, 0.25) is 5.70 Å². The fraction of sp³-hybridized carbons (Fsp3) is 0.429. The molecule has 1 saturated carbocycles. The van der Waals surface area contributed by atoms with Crippen LogP contribution in [0.4, 0.5) is 0 Å². The predicted molar refractivity (Wildman–Crippen MR) is 92.4 cm³/mol. The number of rotatable bonds is 0. The van der Waals surface area contributed by atoms with Crippen molar-refractivity contribution in [2.24, 2.45) is 22.2 Å². The van der Waals surface area contributed by atoms with Crippen molar-refractivity contribution in [1.82, 2.24) is 0 Å². The van der Waals surface area contributed by atoms with Crippen LogP contribution in [0.3, 0.4) is 0 Å². The van der Waals surface area contributed by atoms with Crippen LogP contribution < -0.4 is 0 Å². The Bertz CT molecular complexity index is 926. The third-order valence-electron chi connectivity index (χ3n) is 6.17. The Labute approximate surface area is 147 Å². The zero-order valence-electron chi connectivity index (χ0n) is 14.5. The molecule has 25 heavy (non-hydrogen) atoms. The number of terminal acetylenes is 1. The van der Waals surface area contributed by atoms with E-state index in [2.05, 4.69) is 10.8 Å². The molecule has 0 unspecified atom stereocenters. The van der Waals surface area contributed by atoms with Gasteiger partial charge in [-0.3, -0.25) is 4.79 Å². The number of fused-ring (bicyclic) bond motifs is 3. The number of ketones is 2. The van der Waals surface area contributed by atoms with Crippen LogP contribution in [0.25, 0.3) is 4.85 Å². The van der Waals surface area contributed by atoms with Crippen LogP contribution in [0, 0.1) is 52.4 Å². The zero-order chi connectivity index (χ0) is 18.6. The molecule has 0 aromatic rings. The Balaban J connectivity index is 2.31. The lowest BCUT2D eigenvalue weighted by atomic mass is 9.46. The van der Waals surface area contributed by atoms with Crippen molar-refractivity contribution in [2.45, 2.75) is 33.6 Å². The number of hydrogen-bond acceptors (Lipinski definition) is 3. The van der Waals surface area contributed by atoms with E-state index in [1.807, 2.05) is 26.8 Å². The SMILES string of the molecule is [C-]#[N+]C1=C[C@]2(C)C3=CC(=O)C(C#N)=C[C@]3(C#C)CC[C@H]2C(C)(C)C1=O. The number of carbonyl (C=O) groups is 2. The Morgan fingerprint density at radius 2 is 2.00 bits per heavy atom. The number of Topliss-reactive ketones (excluding diaryl/α,β-unsaturated/α-hetero) is 1. The van der Waals surface area contributed by atoms with E-state index in [1.54, 1.807) is 12.2 Å². The second-order valence-corrected chi connectivity index (χ2v) is 7.77. The summed E-state index contributed by atoms with van der Waals surface area (Å²) in [6.45, 7) is 13.1. The van der Waals surface area contributed by atoms with E-state index in [1.165, 1.54) is 6.08 Å². The van der Waals surface area contributed by atoms with Gasteiger partial charge in [-0.2, -0.15) is 5.26 Å². The standard InChI is InChI=1S/C21H18N2O2/c1-6-21-8-7-16-19(2,3)18(25)14(23-5)11-20(16,4)17(21)9-15(24)13(10-21)12-22/h1,9-11,16H,7-8H2,2-4H3/t16-,20-,21-/m0/s1. The lowest BCUT2D eigenvalue weighted by Gasteiger charge is -2.56. The third-order valence-corrected chi connectivity index (χ3v) is 6.17. The van der Waals surface area contributed by atoms with E-state index >= 15 is 0 Å². The van der Waals surface area contributed by atoms with Gasteiger partial charge in [0, 0.05) is 10.8 Å². The van der Waals surface area contributed by atoms with Crippen molar-refractivity contribution in [3.8, 4) is 18.4 Å². The summed E-state index contributed by atoms with van der Waals surface area (Å²) in [5.41, 5.74) is -1.32. The van der Waals surface area contributed by atoms with E-state index < -0.39 is 16.2 Å². The first-order valence-corrected chi connectivity index (χ1v) is 8.19. The second-order valence-electron chi connectivity index (χ2n) is 7.77. The summed E-state index contributed by atoms with van der Waals surface area (Å²) >= 11 is 0. The van der Waals surface area contributed by atoms with Crippen molar-refractivity contribution in [3.05, 3.63) is 46.5 Å². The summed E-state index contributed by atoms with van der Waals surface area (Å²) in [6, 6.07) is 1.93. The van der Waals surface area contributed by atoms with Crippen molar-refractivity contribution < 1.29 is 9.59 Å². The van der Waals surface area contributed by atoms with Gasteiger partial charge >= 0.3 is 0 Å². The summed E-state index contributed by atoms with van der Waals surface area (Å²) in [4.78, 5) is 28.5. The topological polar surface area (TPSA) is 62.3 Å². The molecule has 4 heteroatoms. The maximum Gasteiger partial charge on any atom is 0.226 e. The second kappa shape index (κ2) is 5.05. The molecule has 3 rings (SSSR count). The summed E-state index contributed by atoms with van der Waals surface area (Å²) < 4.78 is 0. The fourth-order valence-corrected chi connectivity index (χ4v) is 4.92. The molecule has 1 fully saturated rings. The third kappa shape index (κ3) is 2.00. The minimum absolute atomic E-state index is 0.0595. The predicted octanol–water partition coefficient (Wildman–Crippen LogP) is 3.39. The first-order valence-electron chi connectivity index (χ1n) is 8.19. The number of hydrogen-bond donors (Lipinski definition) is 0. The summed E-state index contributed by atoms with van der Waals surface area (Å²) in [5, 5.41) is 9.22. The first kappa shape index (κ1) is 16.9. The van der Waals surface area contributed by atoms with Crippen LogP contribution in [0.2, 0.25) is 0 Å². The van der Waals surface area contributed by atoms with Crippen LogP contribution in [0.1, 0.15) is 33.6 Å². The van der Waals surface area contributed by atoms with Crippen LogP contribution in [0.5, 0.6) is 0 Å². The molecule has 4 nitrogen and oxygen atoms in total. The maximum absolute atomic E-state index is 12.7. The van der Waals surface area contributed by atoms with Gasteiger partial charge in [-0.05, 0) is 36.5 Å². The molecule has 0 aromatic carbocycles. The van der Waals surface area contributed by atoms with Crippen molar-refractivity contribution in [3.63, 3.8) is 0 Å². The Morgan fingerprint density at radius 1 is 1.32 bits per heavy atom. The van der Waals surface area contributed by atoms with E-state index in [0.717, 1.165) is 5.57 Å². The normalized spacial score (nSPS) is 35.7. The van der Waals surface area contributed by atoms with Crippen LogP contribution in [-0.2, 0) is 9.59 Å². The first-order chi connectivity index (χ1) is 11.7. The van der Waals surface area contributed by atoms with E-state index in [9.17, 15) is 14.9 Å². The molecule has 0 amide bonds. The highest BCUT2D eigenvalue weighted by Crippen LogP contribution is 2.63. The summed E-state index contributed by atoms with van der Waals surface area (Å²) in [6.07, 6.45) is 11.9. The lowest BCUT2D eigenvalue weighted by molar-refractivity contribution is -0.130. The molecule has 3 aliphatic rings. The number of allylic oxidation sites excluding steroid dienone is 6.